The smallest absolute Gasteiger partial charge is 0.159 e. The molecule has 0 fully saturated rings. The van der Waals surface area contributed by atoms with Crippen molar-refractivity contribution >= 4 is 71.6 Å². The number of para-hydroxylation sites is 4. The van der Waals surface area contributed by atoms with Gasteiger partial charge in [0.25, 0.3) is 0 Å². The first-order chi connectivity index (χ1) is 33.2. The maximum Gasteiger partial charge on any atom is 0.159 e. The summed E-state index contributed by atoms with van der Waals surface area (Å²) in [5.41, 5.74) is 17.8. The lowest BCUT2D eigenvalue weighted by molar-refractivity contribution is 0.669. The molecule has 0 aliphatic carbocycles. The van der Waals surface area contributed by atoms with E-state index in [1.165, 1.54) is 60.4 Å². The molecule has 0 aliphatic rings. The molecular formula is C64H42N2O. The van der Waals surface area contributed by atoms with Crippen molar-refractivity contribution in [2.45, 2.75) is 0 Å². The minimum Gasteiger partial charge on any atom is -0.454 e. The van der Waals surface area contributed by atoms with Gasteiger partial charge in [-0.1, -0.05) is 182 Å². The van der Waals surface area contributed by atoms with Crippen LogP contribution in [0.15, 0.2) is 259 Å². The number of hydrogen-bond donors (Lipinski definition) is 0. The average molecular weight is 855 g/mol. The van der Waals surface area contributed by atoms with Crippen LogP contribution in [0.1, 0.15) is 0 Å². The zero-order valence-corrected chi connectivity index (χ0v) is 36.6. The van der Waals surface area contributed by atoms with E-state index in [4.69, 9.17) is 4.42 Å². The Labute approximate surface area is 388 Å². The van der Waals surface area contributed by atoms with E-state index in [2.05, 4.69) is 252 Å². The molecule has 11 aromatic carbocycles. The van der Waals surface area contributed by atoms with Gasteiger partial charge in [0.05, 0.1) is 16.7 Å². The maximum atomic E-state index is 6.66. The van der Waals surface area contributed by atoms with E-state index in [9.17, 15) is 0 Å². The van der Waals surface area contributed by atoms with Crippen LogP contribution < -0.4 is 4.90 Å². The zero-order chi connectivity index (χ0) is 44.3. The lowest BCUT2D eigenvalue weighted by Gasteiger charge is -2.26. The molecule has 0 unspecified atom stereocenters. The van der Waals surface area contributed by atoms with E-state index in [1.807, 2.05) is 12.1 Å². The Balaban J connectivity index is 0.840. The summed E-state index contributed by atoms with van der Waals surface area (Å²) in [6, 6.07) is 91.8. The van der Waals surface area contributed by atoms with Crippen LogP contribution in [0, 0.1) is 0 Å². The predicted octanol–water partition coefficient (Wildman–Crippen LogP) is 18.0. The SMILES string of the molecule is c1cc(-c2ccc(-c3ccc(N(c4ccc(-c5cccc(-n6c7ccccc7c7ccccc76)c5)cc4)c4cccc5c4oc4ccccc45)cc3)cc2)cc(-c2ccc3ccccc3c2)c1. The fourth-order valence-corrected chi connectivity index (χ4v) is 10.1. The number of nitrogens with zero attached hydrogens (tertiary/aromatic N) is 2. The quantitative estimate of drug-likeness (QED) is 0.152. The standard InChI is InChI=1S/C64H42N2O/c1-2-13-48-41-52(31-30-43(48)12-1)50-15-9-14-49(40-50)46-28-26-44(27-29-46)45-32-36-53(37-33-45)65(62-24-11-21-59-58-20-5-8-25-63(58)67-64(59)62)54-38-34-47(35-39-54)51-16-10-17-55(42-51)66-60-22-6-3-18-56(60)57-19-4-7-23-61(57)66/h1-42H. The highest BCUT2D eigenvalue weighted by atomic mass is 16.3. The molecule has 3 heteroatoms. The van der Waals surface area contributed by atoms with E-state index in [1.54, 1.807) is 0 Å². The van der Waals surface area contributed by atoms with Gasteiger partial charge in [-0.15, -0.1) is 0 Å². The Morgan fingerprint density at radius 2 is 0.761 bits per heavy atom. The Morgan fingerprint density at radius 1 is 0.299 bits per heavy atom. The first-order valence-electron chi connectivity index (χ1n) is 22.9. The van der Waals surface area contributed by atoms with E-state index < -0.39 is 0 Å². The molecule has 314 valence electrons. The van der Waals surface area contributed by atoms with E-state index in [0.717, 1.165) is 61.4 Å². The van der Waals surface area contributed by atoms with Crippen molar-refractivity contribution in [3.8, 4) is 50.2 Å². The minimum absolute atomic E-state index is 0.857. The van der Waals surface area contributed by atoms with Crippen molar-refractivity contribution in [2.24, 2.45) is 0 Å². The molecule has 3 nitrogen and oxygen atoms in total. The summed E-state index contributed by atoms with van der Waals surface area (Å²) in [5.74, 6) is 0. The van der Waals surface area contributed by atoms with Crippen molar-refractivity contribution < 1.29 is 4.42 Å². The Bertz CT molecular complexity index is 3920. The van der Waals surface area contributed by atoms with Crippen LogP contribution in [0.2, 0.25) is 0 Å². The Morgan fingerprint density at radius 3 is 1.43 bits per heavy atom. The first kappa shape index (κ1) is 38.5. The molecule has 0 saturated carbocycles. The highest BCUT2D eigenvalue weighted by Crippen LogP contribution is 2.43. The number of rotatable bonds is 8. The molecule has 0 bridgehead atoms. The number of benzene rings is 11. The van der Waals surface area contributed by atoms with Crippen molar-refractivity contribution in [3.63, 3.8) is 0 Å². The molecule has 0 N–H and O–H groups in total. The van der Waals surface area contributed by atoms with Gasteiger partial charge in [0.15, 0.2) is 5.58 Å². The molecule has 0 atom stereocenters. The molecule has 13 aromatic rings. The van der Waals surface area contributed by atoms with Gasteiger partial charge in [-0.2, -0.15) is 0 Å². The van der Waals surface area contributed by atoms with Crippen LogP contribution in [0.25, 0.3) is 105 Å². The first-order valence-corrected chi connectivity index (χ1v) is 22.9. The van der Waals surface area contributed by atoms with Crippen LogP contribution in [0.3, 0.4) is 0 Å². The van der Waals surface area contributed by atoms with E-state index >= 15 is 0 Å². The third-order valence-corrected chi connectivity index (χ3v) is 13.4. The molecule has 0 radical (unpaired) electrons. The minimum atomic E-state index is 0.857. The fraction of sp³-hybridized carbons (Fsp3) is 0. The topological polar surface area (TPSA) is 21.3 Å². The molecule has 67 heavy (non-hydrogen) atoms. The molecular weight excluding hydrogens is 813 g/mol. The summed E-state index contributed by atoms with van der Waals surface area (Å²) in [6.07, 6.45) is 0. The van der Waals surface area contributed by atoms with E-state index in [-0.39, 0.29) is 0 Å². The van der Waals surface area contributed by atoms with Gasteiger partial charge in [-0.25, -0.2) is 0 Å². The van der Waals surface area contributed by atoms with Crippen LogP contribution in [0.5, 0.6) is 0 Å². The largest absolute Gasteiger partial charge is 0.454 e. The lowest BCUT2D eigenvalue weighted by atomic mass is 9.96. The van der Waals surface area contributed by atoms with Crippen molar-refractivity contribution in [2.75, 3.05) is 4.90 Å². The Hall–Kier alpha value is -8.92. The predicted molar refractivity (Wildman–Crippen MR) is 282 cm³/mol. The van der Waals surface area contributed by atoms with Gasteiger partial charge >= 0.3 is 0 Å². The number of furan rings is 1. The van der Waals surface area contributed by atoms with Gasteiger partial charge in [-0.3, -0.25) is 0 Å². The summed E-state index contributed by atoms with van der Waals surface area (Å²) in [7, 11) is 0. The van der Waals surface area contributed by atoms with Gasteiger partial charge in [-0.05, 0) is 128 Å². The maximum absolute atomic E-state index is 6.66. The second-order valence-corrected chi connectivity index (χ2v) is 17.3. The highest BCUT2D eigenvalue weighted by Gasteiger charge is 2.20. The second kappa shape index (κ2) is 16.0. The van der Waals surface area contributed by atoms with Gasteiger partial charge in [0.2, 0.25) is 0 Å². The molecule has 0 aliphatic heterocycles. The number of aromatic nitrogens is 1. The van der Waals surface area contributed by atoms with Gasteiger partial charge in [0.1, 0.15) is 5.58 Å². The molecule has 0 saturated heterocycles. The normalized spacial score (nSPS) is 11.6. The van der Waals surface area contributed by atoms with Gasteiger partial charge < -0.3 is 13.9 Å². The van der Waals surface area contributed by atoms with Crippen molar-refractivity contribution in [3.05, 3.63) is 255 Å². The summed E-state index contributed by atoms with van der Waals surface area (Å²) < 4.78 is 9.03. The number of hydrogen-bond acceptors (Lipinski definition) is 2. The summed E-state index contributed by atoms with van der Waals surface area (Å²) in [4.78, 5) is 2.32. The highest BCUT2D eigenvalue weighted by molar-refractivity contribution is 6.11. The average Bonchev–Trinajstić information content (AvgIpc) is 3.96. The molecule has 13 rings (SSSR count). The van der Waals surface area contributed by atoms with Crippen LogP contribution >= 0.6 is 0 Å². The number of fused-ring (bicyclic) bond motifs is 7. The molecule has 0 amide bonds. The van der Waals surface area contributed by atoms with Crippen molar-refractivity contribution in [1.29, 1.82) is 0 Å². The lowest BCUT2D eigenvalue weighted by Crippen LogP contribution is -2.10. The Kier molecular flexibility index (Phi) is 9.17. The summed E-state index contributed by atoms with van der Waals surface area (Å²) >= 11 is 0. The third-order valence-electron chi connectivity index (χ3n) is 13.4. The molecule has 0 spiro atoms. The van der Waals surface area contributed by atoms with Gasteiger partial charge in [0, 0.05) is 38.6 Å². The summed E-state index contributed by atoms with van der Waals surface area (Å²) in [5, 5.41) is 7.22. The molecule has 2 aromatic heterocycles. The second-order valence-electron chi connectivity index (χ2n) is 17.3. The third kappa shape index (κ3) is 6.76. The van der Waals surface area contributed by atoms with Crippen LogP contribution in [0.4, 0.5) is 17.1 Å². The monoisotopic (exact) mass is 854 g/mol. The number of anilines is 3. The molecule has 2 heterocycles. The van der Waals surface area contributed by atoms with Crippen molar-refractivity contribution in [1.82, 2.24) is 4.57 Å². The van der Waals surface area contributed by atoms with Crippen LogP contribution in [-0.2, 0) is 0 Å². The van der Waals surface area contributed by atoms with Crippen LogP contribution in [-0.4, -0.2) is 4.57 Å². The van der Waals surface area contributed by atoms with E-state index in [0.29, 0.717) is 0 Å². The zero-order valence-electron chi connectivity index (χ0n) is 36.6. The fourth-order valence-electron chi connectivity index (χ4n) is 10.1. The summed E-state index contributed by atoms with van der Waals surface area (Å²) in [6.45, 7) is 0.